The molecule has 1 aromatic carbocycles. The van der Waals surface area contributed by atoms with Crippen molar-refractivity contribution in [3.63, 3.8) is 0 Å². The second-order valence-electron chi connectivity index (χ2n) is 3.65. The van der Waals surface area contributed by atoms with Gasteiger partial charge in [0, 0.05) is 14.1 Å². The van der Waals surface area contributed by atoms with Gasteiger partial charge in [-0.2, -0.15) is 8.42 Å². The second-order valence-corrected chi connectivity index (χ2v) is 5.25. The maximum Gasteiger partial charge on any atom is 0.339 e. The number of carbonyl (C=O) groups excluding carboxylic acids is 1. The van der Waals surface area contributed by atoms with Crippen LogP contribution in [0.15, 0.2) is 33.6 Å². The average Bonchev–Trinajstić information content (AvgIpc) is 2.35. The molecule has 0 N–H and O–H groups in total. The lowest BCUT2D eigenvalue weighted by Gasteiger charge is -2.06. The minimum atomic E-state index is -3.91. The molecule has 1 rings (SSSR count). The number of sulfonamides is 1. The largest absolute Gasteiger partial charge is 0.465 e. The van der Waals surface area contributed by atoms with E-state index in [1.807, 2.05) is 0 Å². The average molecular weight is 270 g/mol. The summed E-state index contributed by atoms with van der Waals surface area (Å²) in [5, 5.41) is 0. The van der Waals surface area contributed by atoms with Crippen molar-refractivity contribution in [2.24, 2.45) is 4.40 Å². The van der Waals surface area contributed by atoms with Crippen LogP contribution >= 0.6 is 0 Å². The minimum Gasteiger partial charge on any atom is -0.465 e. The van der Waals surface area contributed by atoms with E-state index in [9.17, 15) is 13.2 Å². The molecule has 0 aromatic heterocycles. The van der Waals surface area contributed by atoms with Crippen LogP contribution in [0.5, 0.6) is 0 Å². The van der Waals surface area contributed by atoms with Gasteiger partial charge in [0.15, 0.2) is 0 Å². The van der Waals surface area contributed by atoms with Crippen LogP contribution in [-0.4, -0.2) is 46.8 Å². The summed E-state index contributed by atoms with van der Waals surface area (Å²) in [4.78, 5) is 12.8. The molecule has 0 bridgehead atoms. The van der Waals surface area contributed by atoms with E-state index in [2.05, 4.69) is 9.13 Å². The van der Waals surface area contributed by atoms with Crippen molar-refractivity contribution in [1.82, 2.24) is 4.90 Å². The fourth-order valence-corrected chi connectivity index (χ4v) is 2.29. The smallest absolute Gasteiger partial charge is 0.339 e. The standard InChI is InChI=1S/C11H14N2O4S/c1-13(2)8-12-18(15,16)10-7-5-4-6-9(10)11(14)17-3/h4-8H,1-3H3/b12-8+. The van der Waals surface area contributed by atoms with Crippen LogP contribution in [0.25, 0.3) is 0 Å². The molecular formula is C11H14N2O4S. The molecular weight excluding hydrogens is 256 g/mol. The third-order valence-corrected chi connectivity index (χ3v) is 3.27. The third kappa shape index (κ3) is 3.30. The monoisotopic (exact) mass is 270 g/mol. The SMILES string of the molecule is COC(=O)c1ccccc1S(=O)(=O)/N=C/N(C)C. The molecule has 0 atom stereocenters. The summed E-state index contributed by atoms with van der Waals surface area (Å²) < 4.78 is 31.9. The molecule has 0 aliphatic rings. The van der Waals surface area contributed by atoms with Crippen molar-refractivity contribution in [2.75, 3.05) is 21.2 Å². The first-order valence-electron chi connectivity index (χ1n) is 5.02. The summed E-state index contributed by atoms with van der Waals surface area (Å²) >= 11 is 0. The molecule has 0 heterocycles. The van der Waals surface area contributed by atoms with Crippen molar-refractivity contribution in [3.8, 4) is 0 Å². The normalized spacial score (nSPS) is 11.5. The molecule has 0 amide bonds. The maximum absolute atomic E-state index is 11.9. The fourth-order valence-electron chi connectivity index (χ4n) is 1.18. The molecule has 0 fully saturated rings. The van der Waals surface area contributed by atoms with E-state index in [1.54, 1.807) is 20.2 Å². The quantitative estimate of drug-likeness (QED) is 0.458. The molecule has 0 spiro atoms. The molecule has 18 heavy (non-hydrogen) atoms. The zero-order valence-electron chi connectivity index (χ0n) is 10.3. The molecule has 0 saturated heterocycles. The number of hydrogen-bond donors (Lipinski definition) is 0. The number of hydrogen-bond acceptors (Lipinski definition) is 4. The predicted octanol–water partition coefficient (Wildman–Crippen LogP) is 0.752. The lowest BCUT2D eigenvalue weighted by molar-refractivity contribution is 0.0596. The molecule has 0 aliphatic carbocycles. The van der Waals surface area contributed by atoms with E-state index in [1.165, 1.54) is 30.2 Å². The lowest BCUT2D eigenvalue weighted by atomic mass is 10.2. The van der Waals surface area contributed by atoms with Gasteiger partial charge in [-0.3, -0.25) is 0 Å². The van der Waals surface area contributed by atoms with Gasteiger partial charge in [-0.05, 0) is 12.1 Å². The van der Waals surface area contributed by atoms with E-state index in [0.717, 1.165) is 6.34 Å². The van der Waals surface area contributed by atoms with Gasteiger partial charge in [0.2, 0.25) is 0 Å². The number of esters is 1. The molecule has 0 radical (unpaired) electrons. The zero-order chi connectivity index (χ0) is 13.8. The maximum atomic E-state index is 11.9. The Morgan fingerprint density at radius 3 is 2.50 bits per heavy atom. The van der Waals surface area contributed by atoms with E-state index in [-0.39, 0.29) is 10.5 Å². The molecule has 1 aromatic rings. The summed E-state index contributed by atoms with van der Waals surface area (Å²) in [5.41, 5.74) is -0.0316. The molecule has 0 aliphatic heterocycles. The van der Waals surface area contributed by atoms with Crippen molar-refractivity contribution in [3.05, 3.63) is 29.8 Å². The predicted molar refractivity (Wildman–Crippen MR) is 67.1 cm³/mol. The van der Waals surface area contributed by atoms with Gasteiger partial charge >= 0.3 is 5.97 Å². The minimum absolute atomic E-state index is 0.0316. The Morgan fingerprint density at radius 1 is 1.33 bits per heavy atom. The van der Waals surface area contributed by atoms with Crippen LogP contribution in [0.1, 0.15) is 10.4 Å². The highest BCUT2D eigenvalue weighted by atomic mass is 32.2. The summed E-state index contributed by atoms with van der Waals surface area (Å²) in [6, 6.07) is 5.77. The van der Waals surface area contributed by atoms with E-state index in [4.69, 9.17) is 0 Å². The number of methoxy groups -OCH3 is 1. The highest BCUT2D eigenvalue weighted by Gasteiger charge is 2.21. The van der Waals surface area contributed by atoms with Crippen LogP contribution < -0.4 is 0 Å². The van der Waals surface area contributed by atoms with Crippen molar-refractivity contribution in [1.29, 1.82) is 0 Å². The summed E-state index contributed by atoms with van der Waals surface area (Å²) in [6.07, 6.45) is 1.16. The Bertz CT molecular complexity index is 564. The van der Waals surface area contributed by atoms with Crippen molar-refractivity contribution < 1.29 is 17.9 Å². The lowest BCUT2D eigenvalue weighted by Crippen LogP contribution is -2.12. The number of rotatable bonds is 4. The Morgan fingerprint density at radius 2 is 1.94 bits per heavy atom. The van der Waals surface area contributed by atoms with Crippen LogP contribution in [0.3, 0.4) is 0 Å². The van der Waals surface area contributed by atoms with Gasteiger partial charge in [0.05, 0.1) is 12.7 Å². The topological polar surface area (TPSA) is 76.0 Å². The van der Waals surface area contributed by atoms with Crippen LogP contribution in [0, 0.1) is 0 Å². The number of carbonyl (C=O) groups is 1. The first kappa shape index (κ1) is 14.2. The first-order valence-corrected chi connectivity index (χ1v) is 6.46. The Labute approximate surface area is 106 Å². The molecule has 0 unspecified atom stereocenters. The van der Waals surface area contributed by atoms with Crippen LogP contribution in [-0.2, 0) is 14.8 Å². The highest BCUT2D eigenvalue weighted by molar-refractivity contribution is 7.90. The first-order chi connectivity index (χ1) is 8.38. The van der Waals surface area contributed by atoms with Gasteiger partial charge in [-0.1, -0.05) is 12.1 Å². The number of ether oxygens (including phenoxy) is 1. The number of nitrogens with zero attached hydrogens (tertiary/aromatic N) is 2. The van der Waals surface area contributed by atoms with Crippen molar-refractivity contribution >= 4 is 22.3 Å². The highest BCUT2D eigenvalue weighted by Crippen LogP contribution is 2.18. The summed E-state index contributed by atoms with van der Waals surface area (Å²) in [5.74, 6) is -0.714. The summed E-state index contributed by atoms with van der Waals surface area (Å²) in [6.45, 7) is 0. The molecule has 0 saturated carbocycles. The van der Waals surface area contributed by atoms with Crippen molar-refractivity contribution in [2.45, 2.75) is 4.90 Å². The zero-order valence-corrected chi connectivity index (χ0v) is 11.1. The number of benzene rings is 1. The Hall–Kier alpha value is -1.89. The van der Waals surface area contributed by atoms with E-state index in [0.29, 0.717) is 0 Å². The second kappa shape index (κ2) is 5.63. The van der Waals surface area contributed by atoms with Gasteiger partial charge in [0.1, 0.15) is 11.2 Å². The van der Waals surface area contributed by atoms with E-state index >= 15 is 0 Å². The van der Waals surface area contributed by atoms with Gasteiger partial charge in [0.25, 0.3) is 10.0 Å². The third-order valence-electron chi connectivity index (χ3n) is 1.99. The Kier molecular flexibility index (Phi) is 4.43. The van der Waals surface area contributed by atoms with Gasteiger partial charge in [-0.15, -0.1) is 4.40 Å². The molecule has 98 valence electrons. The molecule has 6 nitrogen and oxygen atoms in total. The van der Waals surface area contributed by atoms with Gasteiger partial charge in [-0.25, -0.2) is 4.79 Å². The van der Waals surface area contributed by atoms with Crippen LogP contribution in [0.2, 0.25) is 0 Å². The van der Waals surface area contributed by atoms with Gasteiger partial charge < -0.3 is 9.64 Å². The Balaban J connectivity index is 3.29. The summed E-state index contributed by atoms with van der Waals surface area (Å²) in [7, 11) is 0.563. The fraction of sp³-hybridized carbons (Fsp3) is 0.273. The molecule has 7 heteroatoms. The van der Waals surface area contributed by atoms with Crippen LogP contribution in [0.4, 0.5) is 0 Å². The van der Waals surface area contributed by atoms with E-state index < -0.39 is 16.0 Å².